The fourth-order valence-corrected chi connectivity index (χ4v) is 4.30. The molecule has 2 aliphatic rings. The first-order valence-electron chi connectivity index (χ1n) is 6.42. The van der Waals surface area contributed by atoms with Gasteiger partial charge in [0.2, 0.25) is 4.90 Å². The van der Waals surface area contributed by atoms with E-state index in [1.807, 2.05) is 0 Å². The van der Waals surface area contributed by atoms with Crippen molar-refractivity contribution in [1.82, 2.24) is 4.31 Å². The largest absolute Gasteiger partial charge is 0.416 e. The van der Waals surface area contributed by atoms with Crippen molar-refractivity contribution in [3.8, 4) is 0 Å². The van der Waals surface area contributed by atoms with E-state index in [0.29, 0.717) is 13.1 Å². The predicted octanol–water partition coefficient (Wildman–Crippen LogP) is 3.44. The molecule has 20 heavy (non-hydrogen) atoms. The zero-order chi connectivity index (χ0) is 14.6. The highest BCUT2D eigenvalue weighted by Crippen LogP contribution is 2.54. The summed E-state index contributed by atoms with van der Waals surface area (Å²) in [5.41, 5.74) is -0.746. The Balaban J connectivity index is 1.89. The van der Waals surface area contributed by atoms with E-state index in [4.69, 9.17) is 0 Å². The van der Waals surface area contributed by atoms with E-state index in [1.54, 1.807) is 0 Å². The minimum Gasteiger partial charge on any atom is -0.166 e. The molecule has 1 saturated heterocycles. The Hall–Kier alpha value is -0.920. The number of nitrogens with zero attached hydrogens (tertiary/aromatic N) is 1. The summed E-state index contributed by atoms with van der Waals surface area (Å²) in [7, 11) is -3.57. The number of benzene rings is 1. The minimum absolute atomic E-state index is 0.146. The highest BCUT2D eigenvalue weighted by Gasteiger charge is 2.55. The van der Waals surface area contributed by atoms with Crippen LogP contribution in [0.3, 0.4) is 0 Å². The third-order valence-electron chi connectivity index (χ3n) is 4.18. The van der Waals surface area contributed by atoms with Gasteiger partial charge in [-0.3, -0.25) is 0 Å². The normalized spacial score (nSPS) is 24.8. The molecule has 1 aromatic rings. The number of hydrogen-bond donors (Lipinski definition) is 1. The number of alkyl halides is 3. The summed E-state index contributed by atoms with van der Waals surface area (Å²) < 4.78 is 62.2. The highest BCUT2D eigenvalue weighted by molar-refractivity contribution is 7.95. The highest BCUT2D eigenvalue weighted by atomic mass is 32.3. The Labute approximate surface area is 116 Å². The fraction of sp³-hybridized carbons (Fsp3) is 0.538. The summed E-state index contributed by atoms with van der Waals surface area (Å²) >= 11 is 0. The molecule has 7 heteroatoms. The average Bonchev–Trinajstić information content (AvgIpc) is 2.97. The Morgan fingerprint density at radius 2 is 1.95 bits per heavy atom. The van der Waals surface area contributed by atoms with Crippen LogP contribution in [-0.2, 0) is 20.8 Å². The Morgan fingerprint density at radius 3 is 2.50 bits per heavy atom. The summed E-state index contributed by atoms with van der Waals surface area (Å²) in [6, 6.07) is 4.15. The van der Waals surface area contributed by atoms with Crippen LogP contribution in [0.15, 0.2) is 29.2 Å². The van der Waals surface area contributed by atoms with Gasteiger partial charge in [0.1, 0.15) is 0 Å². The number of hydrogen-bond acceptors (Lipinski definition) is 1. The number of halogens is 3. The maximum atomic E-state index is 12.7. The standard InChI is InChI=1S/C13H14F3NO2S/c14-13(15,16)10-2-1-3-11(8-10)20(18,19)17-7-6-12(9-17)4-5-12/h1-3,8H,4-7,9H2/p+1. The van der Waals surface area contributed by atoms with E-state index in [-0.39, 0.29) is 10.3 Å². The summed E-state index contributed by atoms with van der Waals surface area (Å²) in [4.78, 5) is -0.162. The molecule has 1 spiro atoms. The summed E-state index contributed by atoms with van der Waals surface area (Å²) in [5.74, 6) is 0. The molecule has 0 amide bonds. The van der Waals surface area contributed by atoms with Gasteiger partial charge in [-0.15, -0.1) is 0 Å². The van der Waals surface area contributed by atoms with Crippen molar-refractivity contribution >= 4 is 10.4 Å². The van der Waals surface area contributed by atoms with Gasteiger partial charge in [0.05, 0.1) is 12.1 Å². The Morgan fingerprint density at radius 1 is 1.25 bits per heavy atom. The topological polar surface area (TPSA) is 40.5 Å². The molecule has 3 nitrogen and oxygen atoms in total. The molecular weight excluding hydrogens is 291 g/mol. The molecule has 1 heterocycles. The Kier molecular flexibility index (Phi) is 3.01. The molecule has 0 radical (unpaired) electrons. The van der Waals surface area contributed by atoms with Crippen molar-refractivity contribution in [2.75, 3.05) is 13.1 Å². The molecule has 3 rings (SSSR count). The lowest BCUT2D eigenvalue weighted by molar-refractivity contribution is -0.137. The maximum absolute atomic E-state index is 12.7. The lowest BCUT2D eigenvalue weighted by atomic mass is 10.1. The number of rotatable bonds is 2. The first-order chi connectivity index (χ1) is 9.23. The third-order valence-corrected chi connectivity index (χ3v) is 6.06. The zero-order valence-corrected chi connectivity index (χ0v) is 11.5. The van der Waals surface area contributed by atoms with Gasteiger partial charge in [0, 0.05) is 12.6 Å². The summed E-state index contributed by atoms with van der Waals surface area (Å²) in [6.07, 6.45) is -1.57. The fourth-order valence-electron chi connectivity index (χ4n) is 2.68. The van der Waals surface area contributed by atoms with E-state index in [1.165, 1.54) is 16.4 Å². The molecule has 1 aromatic carbocycles. The SMILES string of the molecule is O=[S+](O)(c1cccc(C(F)(F)F)c1)N1CCC2(CC2)C1. The van der Waals surface area contributed by atoms with E-state index in [2.05, 4.69) is 0 Å². The van der Waals surface area contributed by atoms with Crippen molar-refractivity contribution in [3.05, 3.63) is 29.8 Å². The van der Waals surface area contributed by atoms with Crippen molar-refractivity contribution in [3.63, 3.8) is 0 Å². The van der Waals surface area contributed by atoms with Gasteiger partial charge in [0.25, 0.3) is 0 Å². The van der Waals surface area contributed by atoms with Gasteiger partial charge in [0.15, 0.2) is 0 Å². The summed E-state index contributed by atoms with van der Waals surface area (Å²) in [6.45, 7) is 0.962. The molecule has 110 valence electrons. The molecule has 1 N–H and O–H groups in total. The van der Waals surface area contributed by atoms with Crippen LogP contribution in [0.4, 0.5) is 13.2 Å². The smallest absolute Gasteiger partial charge is 0.166 e. The second kappa shape index (κ2) is 4.29. The molecule has 1 aliphatic carbocycles. The van der Waals surface area contributed by atoms with E-state index in [0.717, 1.165) is 31.4 Å². The van der Waals surface area contributed by atoms with Crippen LogP contribution >= 0.6 is 0 Å². The molecule has 1 aliphatic heterocycles. The first-order valence-corrected chi connectivity index (χ1v) is 7.89. The molecule has 2 fully saturated rings. The zero-order valence-electron chi connectivity index (χ0n) is 10.7. The lowest BCUT2D eigenvalue weighted by Crippen LogP contribution is -2.34. The van der Waals surface area contributed by atoms with Crippen LogP contribution in [0.5, 0.6) is 0 Å². The van der Waals surface area contributed by atoms with Crippen LogP contribution in [-0.4, -0.2) is 21.9 Å². The Bertz CT molecular complexity index is 583. The van der Waals surface area contributed by atoms with Crippen LogP contribution in [0.1, 0.15) is 24.8 Å². The molecule has 0 bridgehead atoms. The van der Waals surface area contributed by atoms with Gasteiger partial charge < -0.3 is 0 Å². The molecule has 1 atom stereocenters. The van der Waals surface area contributed by atoms with Crippen molar-refractivity contribution in [2.45, 2.75) is 30.3 Å². The van der Waals surface area contributed by atoms with Crippen molar-refractivity contribution < 1.29 is 21.9 Å². The molecule has 1 saturated carbocycles. The van der Waals surface area contributed by atoms with Gasteiger partial charge in [-0.05, 0) is 41.0 Å². The minimum atomic E-state index is -4.51. The van der Waals surface area contributed by atoms with E-state index < -0.39 is 22.1 Å². The van der Waals surface area contributed by atoms with Crippen LogP contribution < -0.4 is 0 Å². The molecule has 1 unspecified atom stereocenters. The average molecular weight is 306 g/mol. The molecular formula is C13H15F3NO2S+. The monoisotopic (exact) mass is 306 g/mol. The second-order valence-corrected chi connectivity index (χ2v) is 7.62. The van der Waals surface area contributed by atoms with Crippen LogP contribution in [0.2, 0.25) is 0 Å². The lowest BCUT2D eigenvalue weighted by Gasteiger charge is -2.15. The van der Waals surface area contributed by atoms with E-state index >= 15 is 0 Å². The van der Waals surface area contributed by atoms with Crippen molar-refractivity contribution in [2.24, 2.45) is 5.41 Å². The van der Waals surface area contributed by atoms with Crippen LogP contribution in [0, 0.1) is 5.41 Å². The van der Waals surface area contributed by atoms with E-state index in [9.17, 15) is 21.9 Å². The van der Waals surface area contributed by atoms with Crippen molar-refractivity contribution in [1.29, 1.82) is 0 Å². The van der Waals surface area contributed by atoms with Gasteiger partial charge in [-0.25, -0.2) is 0 Å². The quantitative estimate of drug-likeness (QED) is 0.850. The third kappa shape index (κ3) is 2.38. The molecule has 0 aromatic heterocycles. The second-order valence-electron chi connectivity index (χ2n) is 5.64. The van der Waals surface area contributed by atoms with Crippen LogP contribution in [0.25, 0.3) is 0 Å². The van der Waals surface area contributed by atoms with Gasteiger partial charge in [-0.2, -0.15) is 17.7 Å². The first kappa shape index (κ1) is 14.0. The van der Waals surface area contributed by atoms with Gasteiger partial charge in [-0.1, -0.05) is 10.4 Å². The maximum Gasteiger partial charge on any atom is 0.416 e. The van der Waals surface area contributed by atoms with Gasteiger partial charge >= 0.3 is 16.6 Å². The predicted molar refractivity (Wildman–Crippen MR) is 68.2 cm³/mol. The summed E-state index contributed by atoms with van der Waals surface area (Å²) in [5, 5.41) is 0.